The maximum atomic E-state index is 11.9. The summed E-state index contributed by atoms with van der Waals surface area (Å²) in [6, 6.07) is 5.17. The fraction of sp³-hybridized carbons (Fsp3) is 0.0769. The number of halogens is 1. The van der Waals surface area contributed by atoms with Gasteiger partial charge in [0.2, 0.25) is 5.91 Å². The molecule has 7 nitrogen and oxygen atoms in total. The van der Waals surface area contributed by atoms with Gasteiger partial charge in [-0.05, 0) is 18.2 Å². The average molecular weight is 308 g/mol. The molecule has 0 saturated heterocycles. The van der Waals surface area contributed by atoms with Crippen LogP contribution in [0.15, 0.2) is 41.6 Å². The van der Waals surface area contributed by atoms with E-state index in [1.54, 1.807) is 0 Å². The molecular formula is C13H10ClN3O4. The van der Waals surface area contributed by atoms with Gasteiger partial charge in [-0.2, -0.15) is 0 Å². The van der Waals surface area contributed by atoms with Crippen molar-refractivity contribution >= 4 is 29.2 Å². The fourth-order valence-electron chi connectivity index (χ4n) is 1.60. The number of nitrogens with one attached hydrogen (secondary N) is 1. The lowest BCUT2D eigenvalue weighted by Crippen LogP contribution is -2.27. The Bertz CT molecular complexity index is 757. The first kappa shape index (κ1) is 14.7. The van der Waals surface area contributed by atoms with E-state index < -0.39 is 11.9 Å². The number of carbonyl (C=O) groups is 2. The zero-order valence-electron chi connectivity index (χ0n) is 10.6. The van der Waals surface area contributed by atoms with Gasteiger partial charge in [-0.3, -0.25) is 14.2 Å². The molecule has 0 unspecified atom stereocenters. The van der Waals surface area contributed by atoms with E-state index in [9.17, 15) is 14.4 Å². The van der Waals surface area contributed by atoms with Crippen molar-refractivity contribution in [1.29, 1.82) is 0 Å². The molecule has 1 aromatic heterocycles. The number of anilines is 1. The molecular weight excluding hydrogens is 298 g/mol. The number of hydrogen-bond donors (Lipinski definition) is 2. The normalized spacial score (nSPS) is 10.1. The molecule has 1 heterocycles. The molecule has 0 atom stereocenters. The van der Waals surface area contributed by atoms with Crippen LogP contribution in [0.3, 0.4) is 0 Å². The van der Waals surface area contributed by atoms with Crippen molar-refractivity contribution in [3.05, 3.63) is 57.7 Å². The van der Waals surface area contributed by atoms with E-state index in [-0.39, 0.29) is 28.4 Å². The van der Waals surface area contributed by atoms with E-state index in [1.165, 1.54) is 36.8 Å². The molecule has 0 aliphatic rings. The second-order valence-corrected chi connectivity index (χ2v) is 4.50. The number of aromatic nitrogens is 2. The SMILES string of the molecule is O=C(Cn1cnccc1=O)Nc1cc(C(=O)O)ccc1Cl. The summed E-state index contributed by atoms with van der Waals surface area (Å²) >= 11 is 5.89. The molecule has 2 aromatic rings. The van der Waals surface area contributed by atoms with E-state index in [2.05, 4.69) is 10.3 Å². The predicted octanol–water partition coefficient (Wildman–Crippen LogP) is 1.23. The van der Waals surface area contributed by atoms with Crippen LogP contribution in [-0.4, -0.2) is 26.5 Å². The first-order valence-corrected chi connectivity index (χ1v) is 6.18. The van der Waals surface area contributed by atoms with Gasteiger partial charge in [0.05, 0.1) is 22.6 Å². The quantitative estimate of drug-likeness (QED) is 0.884. The van der Waals surface area contributed by atoms with Crippen molar-refractivity contribution in [3.8, 4) is 0 Å². The largest absolute Gasteiger partial charge is 0.478 e. The molecule has 0 aliphatic carbocycles. The molecule has 1 amide bonds. The van der Waals surface area contributed by atoms with Crippen LogP contribution in [0.1, 0.15) is 10.4 Å². The summed E-state index contributed by atoms with van der Waals surface area (Å²) in [4.78, 5) is 37.9. The second kappa shape index (κ2) is 6.19. The smallest absolute Gasteiger partial charge is 0.335 e. The minimum atomic E-state index is -1.13. The Hall–Kier alpha value is -2.67. The van der Waals surface area contributed by atoms with Crippen LogP contribution in [0.25, 0.3) is 0 Å². The number of amides is 1. The number of hydrogen-bond acceptors (Lipinski definition) is 4. The van der Waals surface area contributed by atoms with Gasteiger partial charge >= 0.3 is 5.97 Å². The van der Waals surface area contributed by atoms with Crippen LogP contribution in [0, 0.1) is 0 Å². The van der Waals surface area contributed by atoms with Gasteiger partial charge in [0, 0.05) is 12.3 Å². The Kier molecular flexibility index (Phi) is 4.34. The Morgan fingerprint density at radius 1 is 1.33 bits per heavy atom. The third-order valence-electron chi connectivity index (χ3n) is 2.59. The number of carbonyl (C=O) groups excluding carboxylic acids is 1. The number of carboxylic acid groups (broad SMARTS) is 1. The van der Waals surface area contributed by atoms with E-state index in [0.29, 0.717) is 0 Å². The maximum absolute atomic E-state index is 11.9. The minimum absolute atomic E-state index is 0.00625. The van der Waals surface area contributed by atoms with E-state index >= 15 is 0 Å². The summed E-state index contributed by atoms with van der Waals surface area (Å²) in [6.07, 6.45) is 2.56. The van der Waals surface area contributed by atoms with Crippen LogP contribution in [-0.2, 0) is 11.3 Å². The number of nitrogens with zero attached hydrogens (tertiary/aromatic N) is 2. The average Bonchev–Trinajstić information content (AvgIpc) is 2.43. The van der Waals surface area contributed by atoms with Crippen LogP contribution in [0.5, 0.6) is 0 Å². The number of benzene rings is 1. The molecule has 2 N–H and O–H groups in total. The van der Waals surface area contributed by atoms with Gasteiger partial charge in [-0.15, -0.1) is 0 Å². The summed E-state index contributed by atoms with van der Waals surface area (Å²) in [5.74, 6) is -1.65. The number of carboxylic acids is 1. The van der Waals surface area contributed by atoms with Crippen molar-refractivity contribution in [3.63, 3.8) is 0 Å². The predicted molar refractivity (Wildman–Crippen MR) is 75.5 cm³/mol. The highest BCUT2D eigenvalue weighted by molar-refractivity contribution is 6.33. The van der Waals surface area contributed by atoms with Crippen LogP contribution >= 0.6 is 11.6 Å². The number of rotatable bonds is 4. The van der Waals surface area contributed by atoms with Crippen molar-refractivity contribution in [2.45, 2.75) is 6.54 Å². The molecule has 0 spiro atoms. The molecule has 0 aliphatic heterocycles. The lowest BCUT2D eigenvalue weighted by Gasteiger charge is -2.09. The molecule has 0 saturated carbocycles. The van der Waals surface area contributed by atoms with Crippen molar-refractivity contribution in [2.24, 2.45) is 0 Å². The van der Waals surface area contributed by atoms with E-state index in [0.717, 1.165) is 4.57 Å². The molecule has 0 bridgehead atoms. The molecule has 0 radical (unpaired) electrons. The zero-order valence-corrected chi connectivity index (χ0v) is 11.4. The second-order valence-electron chi connectivity index (χ2n) is 4.09. The Morgan fingerprint density at radius 3 is 2.76 bits per heavy atom. The third kappa shape index (κ3) is 3.67. The van der Waals surface area contributed by atoms with Crippen molar-refractivity contribution < 1.29 is 14.7 Å². The lowest BCUT2D eigenvalue weighted by atomic mass is 10.2. The number of aromatic carboxylic acids is 1. The van der Waals surface area contributed by atoms with Gasteiger partial charge in [0.25, 0.3) is 5.56 Å². The molecule has 0 fully saturated rings. The molecule has 1 aromatic carbocycles. The Balaban J connectivity index is 2.16. The van der Waals surface area contributed by atoms with Crippen molar-refractivity contribution in [2.75, 3.05) is 5.32 Å². The van der Waals surface area contributed by atoms with Gasteiger partial charge in [0.15, 0.2) is 0 Å². The van der Waals surface area contributed by atoms with E-state index in [1.807, 2.05) is 0 Å². The van der Waals surface area contributed by atoms with Gasteiger partial charge in [-0.1, -0.05) is 11.6 Å². The lowest BCUT2D eigenvalue weighted by molar-refractivity contribution is -0.116. The monoisotopic (exact) mass is 307 g/mol. The van der Waals surface area contributed by atoms with Crippen LogP contribution in [0.4, 0.5) is 5.69 Å². The molecule has 21 heavy (non-hydrogen) atoms. The van der Waals surface area contributed by atoms with Gasteiger partial charge < -0.3 is 10.4 Å². The summed E-state index contributed by atoms with van der Waals surface area (Å²) in [5, 5.41) is 11.6. The first-order chi connectivity index (χ1) is 9.97. The van der Waals surface area contributed by atoms with Gasteiger partial charge in [-0.25, -0.2) is 9.78 Å². The minimum Gasteiger partial charge on any atom is -0.478 e. The maximum Gasteiger partial charge on any atom is 0.335 e. The topological polar surface area (TPSA) is 101 Å². The highest BCUT2D eigenvalue weighted by Crippen LogP contribution is 2.23. The zero-order chi connectivity index (χ0) is 15.4. The third-order valence-corrected chi connectivity index (χ3v) is 2.92. The molecule has 8 heteroatoms. The van der Waals surface area contributed by atoms with Crippen LogP contribution < -0.4 is 10.9 Å². The first-order valence-electron chi connectivity index (χ1n) is 5.80. The Labute approximate surface area is 123 Å². The summed E-state index contributed by atoms with van der Waals surface area (Å²) in [5.41, 5.74) is -0.211. The molecule has 108 valence electrons. The molecule has 2 rings (SSSR count). The fourth-order valence-corrected chi connectivity index (χ4v) is 1.76. The summed E-state index contributed by atoms with van der Waals surface area (Å²) in [6.45, 7) is -0.250. The van der Waals surface area contributed by atoms with Crippen molar-refractivity contribution in [1.82, 2.24) is 9.55 Å². The highest BCUT2D eigenvalue weighted by atomic mass is 35.5. The highest BCUT2D eigenvalue weighted by Gasteiger charge is 2.11. The summed E-state index contributed by atoms with van der Waals surface area (Å²) < 4.78 is 1.12. The van der Waals surface area contributed by atoms with Crippen LogP contribution in [0.2, 0.25) is 5.02 Å². The van der Waals surface area contributed by atoms with Gasteiger partial charge in [0.1, 0.15) is 6.54 Å². The summed E-state index contributed by atoms with van der Waals surface area (Å²) in [7, 11) is 0. The van der Waals surface area contributed by atoms with E-state index in [4.69, 9.17) is 16.7 Å². The Morgan fingerprint density at radius 2 is 2.10 bits per heavy atom. The standard InChI is InChI=1S/C13H10ClN3O4/c14-9-2-1-8(13(20)21)5-10(9)16-11(18)6-17-7-15-4-3-12(17)19/h1-5,7H,6H2,(H,16,18)(H,20,21).